The number of hydrogen-bond acceptors (Lipinski definition) is 1. The fourth-order valence-corrected chi connectivity index (χ4v) is 1.83. The highest BCUT2D eigenvalue weighted by atomic mass is 35.5. The Morgan fingerprint density at radius 2 is 1.87 bits per heavy atom. The van der Waals surface area contributed by atoms with E-state index < -0.39 is 0 Å². The Morgan fingerprint density at radius 3 is 2.40 bits per heavy atom. The molecule has 1 rings (SSSR count). The maximum Gasteiger partial charge on any atom is 0.0568 e. The summed E-state index contributed by atoms with van der Waals surface area (Å²) in [5.41, 5.74) is 1.24. The van der Waals surface area contributed by atoms with Gasteiger partial charge in [-0.15, -0.1) is 0 Å². The van der Waals surface area contributed by atoms with Crippen LogP contribution in [-0.4, -0.2) is 11.2 Å². The van der Waals surface area contributed by atoms with Gasteiger partial charge in [0.2, 0.25) is 0 Å². The molecule has 1 N–H and O–H groups in total. The highest BCUT2D eigenvalue weighted by Gasteiger charge is 2.13. The van der Waals surface area contributed by atoms with Crippen molar-refractivity contribution in [3.05, 3.63) is 34.9 Å². The number of hydrogen-bond donors (Lipinski definition) is 1. The SMILES string of the molecule is CCCC(O)C(C)Cc1ccc(Cl)cc1. The Labute approximate surface area is 97.1 Å². The lowest BCUT2D eigenvalue weighted by atomic mass is 9.93. The summed E-state index contributed by atoms with van der Waals surface area (Å²) in [7, 11) is 0. The van der Waals surface area contributed by atoms with E-state index in [0.29, 0.717) is 5.92 Å². The molecule has 0 saturated carbocycles. The van der Waals surface area contributed by atoms with E-state index in [0.717, 1.165) is 24.3 Å². The average molecular weight is 227 g/mol. The minimum atomic E-state index is -0.189. The lowest BCUT2D eigenvalue weighted by Gasteiger charge is -2.18. The van der Waals surface area contributed by atoms with Crippen LogP contribution in [0.4, 0.5) is 0 Å². The Balaban J connectivity index is 2.50. The predicted octanol–water partition coefficient (Wildman–Crippen LogP) is 3.68. The summed E-state index contributed by atoms with van der Waals surface area (Å²) in [5, 5.41) is 10.6. The molecule has 0 aliphatic carbocycles. The first kappa shape index (κ1) is 12.5. The maximum atomic E-state index is 9.81. The van der Waals surface area contributed by atoms with Crippen molar-refractivity contribution in [1.29, 1.82) is 0 Å². The van der Waals surface area contributed by atoms with Crippen molar-refractivity contribution in [3.8, 4) is 0 Å². The van der Waals surface area contributed by atoms with Crippen LogP contribution in [0.25, 0.3) is 0 Å². The zero-order valence-corrected chi connectivity index (χ0v) is 10.2. The highest BCUT2D eigenvalue weighted by Crippen LogP contribution is 2.17. The molecule has 1 nitrogen and oxygen atoms in total. The van der Waals surface area contributed by atoms with E-state index in [1.807, 2.05) is 24.3 Å². The lowest BCUT2D eigenvalue weighted by Crippen LogP contribution is -2.19. The minimum absolute atomic E-state index is 0.189. The Hall–Kier alpha value is -0.530. The van der Waals surface area contributed by atoms with Crippen molar-refractivity contribution in [3.63, 3.8) is 0 Å². The molecule has 0 aliphatic rings. The zero-order valence-electron chi connectivity index (χ0n) is 9.41. The topological polar surface area (TPSA) is 20.2 Å². The Kier molecular flexibility index (Phi) is 5.13. The van der Waals surface area contributed by atoms with Crippen molar-refractivity contribution in [1.82, 2.24) is 0 Å². The monoisotopic (exact) mass is 226 g/mol. The molecule has 1 aromatic rings. The maximum absolute atomic E-state index is 9.81. The first-order valence-corrected chi connectivity index (χ1v) is 5.93. The average Bonchev–Trinajstić information content (AvgIpc) is 2.22. The summed E-state index contributed by atoms with van der Waals surface area (Å²) in [6, 6.07) is 7.85. The number of rotatable bonds is 5. The number of benzene rings is 1. The third kappa shape index (κ3) is 4.23. The second-order valence-electron chi connectivity index (χ2n) is 4.16. The molecule has 2 atom stereocenters. The third-order valence-corrected chi connectivity index (χ3v) is 2.96. The first-order chi connectivity index (χ1) is 7.13. The van der Waals surface area contributed by atoms with Crippen LogP contribution in [0.1, 0.15) is 32.3 Å². The molecule has 15 heavy (non-hydrogen) atoms. The van der Waals surface area contributed by atoms with Crippen LogP contribution in [0.3, 0.4) is 0 Å². The lowest BCUT2D eigenvalue weighted by molar-refractivity contribution is 0.107. The van der Waals surface area contributed by atoms with E-state index in [1.54, 1.807) is 0 Å². The number of halogens is 1. The standard InChI is InChI=1S/C13H19ClO/c1-3-4-13(15)10(2)9-11-5-7-12(14)8-6-11/h5-8,10,13,15H,3-4,9H2,1-2H3. The van der Waals surface area contributed by atoms with Gasteiger partial charge in [-0.05, 0) is 36.5 Å². The summed E-state index contributed by atoms with van der Waals surface area (Å²) < 4.78 is 0. The fraction of sp³-hybridized carbons (Fsp3) is 0.538. The predicted molar refractivity (Wildman–Crippen MR) is 65.2 cm³/mol. The second kappa shape index (κ2) is 6.14. The Morgan fingerprint density at radius 1 is 1.27 bits per heavy atom. The molecule has 2 unspecified atom stereocenters. The van der Waals surface area contributed by atoms with E-state index in [2.05, 4.69) is 13.8 Å². The van der Waals surface area contributed by atoms with Gasteiger partial charge in [-0.2, -0.15) is 0 Å². The molecular formula is C13H19ClO. The zero-order chi connectivity index (χ0) is 11.3. The molecule has 0 aliphatic heterocycles. The van der Waals surface area contributed by atoms with E-state index in [4.69, 9.17) is 11.6 Å². The highest BCUT2D eigenvalue weighted by molar-refractivity contribution is 6.30. The van der Waals surface area contributed by atoms with Gasteiger partial charge in [0, 0.05) is 5.02 Å². The van der Waals surface area contributed by atoms with Gasteiger partial charge in [-0.3, -0.25) is 0 Å². The normalized spacial score (nSPS) is 14.9. The van der Waals surface area contributed by atoms with Crippen molar-refractivity contribution in [2.75, 3.05) is 0 Å². The molecule has 0 radical (unpaired) electrons. The van der Waals surface area contributed by atoms with Gasteiger partial charge in [0.15, 0.2) is 0 Å². The van der Waals surface area contributed by atoms with Gasteiger partial charge >= 0.3 is 0 Å². The summed E-state index contributed by atoms with van der Waals surface area (Å²) in [6.07, 6.45) is 2.64. The van der Waals surface area contributed by atoms with Crippen molar-refractivity contribution in [2.24, 2.45) is 5.92 Å². The van der Waals surface area contributed by atoms with Crippen LogP contribution >= 0.6 is 11.6 Å². The first-order valence-electron chi connectivity index (χ1n) is 5.56. The minimum Gasteiger partial charge on any atom is -0.393 e. The van der Waals surface area contributed by atoms with E-state index >= 15 is 0 Å². The van der Waals surface area contributed by atoms with Gasteiger partial charge in [0.25, 0.3) is 0 Å². The molecule has 0 heterocycles. The Bertz CT molecular complexity index is 281. The van der Waals surface area contributed by atoms with Gasteiger partial charge in [-0.25, -0.2) is 0 Å². The van der Waals surface area contributed by atoms with Crippen molar-refractivity contribution >= 4 is 11.6 Å². The molecule has 0 saturated heterocycles. The molecule has 2 heteroatoms. The van der Waals surface area contributed by atoms with E-state index in [9.17, 15) is 5.11 Å². The summed E-state index contributed by atoms with van der Waals surface area (Å²) in [4.78, 5) is 0. The van der Waals surface area contributed by atoms with Gasteiger partial charge in [0.1, 0.15) is 0 Å². The van der Waals surface area contributed by atoms with Gasteiger partial charge in [-0.1, -0.05) is 44.0 Å². The van der Waals surface area contributed by atoms with Crippen molar-refractivity contribution in [2.45, 2.75) is 39.2 Å². The van der Waals surface area contributed by atoms with Crippen LogP contribution in [0, 0.1) is 5.92 Å². The summed E-state index contributed by atoms with van der Waals surface area (Å²) >= 11 is 5.81. The largest absolute Gasteiger partial charge is 0.393 e. The third-order valence-electron chi connectivity index (χ3n) is 2.71. The molecular weight excluding hydrogens is 208 g/mol. The molecule has 0 aromatic heterocycles. The molecule has 0 spiro atoms. The van der Waals surface area contributed by atoms with E-state index in [1.165, 1.54) is 5.56 Å². The molecule has 0 bridgehead atoms. The molecule has 0 fully saturated rings. The number of aliphatic hydroxyl groups excluding tert-OH is 1. The van der Waals surface area contributed by atoms with Crippen LogP contribution in [0.2, 0.25) is 5.02 Å². The van der Waals surface area contributed by atoms with Gasteiger partial charge < -0.3 is 5.11 Å². The van der Waals surface area contributed by atoms with Crippen molar-refractivity contribution < 1.29 is 5.11 Å². The van der Waals surface area contributed by atoms with Gasteiger partial charge in [0.05, 0.1) is 6.10 Å². The van der Waals surface area contributed by atoms with Crippen LogP contribution in [-0.2, 0) is 6.42 Å². The quantitative estimate of drug-likeness (QED) is 0.812. The number of aliphatic hydroxyl groups is 1. The van der Waals surface area contributed by atoms with Crippen LogP contribution in [0.15, 0.2) is 24.3 Å². The summed E-state index contributed by atoms with van der Waals surface area (Å²) in [6.45, 7) is 4.19. The van der Waals surface area contributed by atoms with Crippen LogP contribution in [0.5, 0.6) is 0 Å². The van der Waals surface area contributed by atoms with Crippen LogP contribution < -0.4 is 0 Å². The van der Waals surface area contributed by atoms with E-state index in [-0.39, 0.29) is 6.10 Å². The molecule has 84 valence electrons. The fourth-order valence-electron chi connectivity index (χ4n) is 1.71. The summed E-state index contributed by atoms with van der Waals surface area (Å²) in [5.74, 6) is 0.311. The molecule has 1 aromatic carbocycles. The second-order valence-corrected chi connectivity index (χ2v) is 4.60. The smallest absolute Gasteiger partial charge is 0.0568 e. The molecule has 0 amide bonds.